The molecule has 3 rings (SSSR count). The Bertz CT molecular complexity index is 788. The maximum absolute atomic E-state index is 10.7. The summed E-state index contributed by atoms with van der Waals surface area (Å²) < 4.78 is 7.31. The van der Waals surface area contributed by atoms with Crippen LogP contribution in [-0.2, 0) is 21.3 Å². The van der Waals surface area contributed by atoms with Gasteiger partial charge in [-0.3, -0.25) is 9.36 Å². The third-order valence-electron chi connectivity index (χ3n) is 4.22. The summed E-state index contributed by atoms with van der Waals surface area (Å²) in [6, 6.07) is -0.905. The van der Waals surface area contributed by atoms with Crippen LogP contribution in [0.25, 0.3) is 11.2 Å². The van der Waals surface area contributed by atoms with Gasteiger partial charge in [0.1, 0.15) is 47.7 Å². The van der Waals surface area contributed by atoms with E-state index in [0.29, 0.717) is 29.1 Å². The van der Waals surface area contributed by atoms with Gasteiger partial charge in [0.05, 0.1) is 6.33 Å². The van der Waals surface area contributed by atoms with E-state index in [1.807, 2.05) is 0 Å². The first-order valence-corrected chi connectivity index (χ1v) is 9.23. The molecule has 0 bridgehead atoms. The van der Waals surface area contributed by atoms with Gasteiger partial charge >= 0.3 is 5.97 Å². The van der Waals surface area contributed by atoms with Gasteiger partial charge in [0, 0.05) is 6.42 Å². The second kappa shape index (κ2) is 7.72. The molecule has 0 aliphatic carbocycles. The van der Waals surface area contributed by atoms with Crippen LogP contribution >= 0.6 is 0 Å². The number of carboxylic acid groups (broad SMARTS) is 1. The van der Waals surface area contributed by atoms with Crippen molar-refractivity contribution in [1.29, 1.82) is 0 Å². The number of anilines is 1. The fourth-order valence-corrected chi connectivity index (χ4v) is 3.94. The normalized spacial score (nSPS) is 27.0. The van der Waals surface area contributed by atoms with Crippen LogP contribution in [0.2, 0.25) is 0 Å². The number of aliphatic hydroxyl groups is 2. The third kappa shape index (κ3) is 3.59. The summed E-state index contributed by atoms with van der Waals surface area (Å²) in [5.41, 5.74) is 12.0. The lowest BCUT2D eigenvalue weighted by Gasteiger charge is -2.16. The van der Waals surface area contributed by atoms with E-state index in [2.05, 4.69) is 15.0 Å². The number of carbonyl (C=O) groups is 1. The number of rotatable bonds is 7. The van der Waals surface area contributed by atoms with Crippen LogP contribution in [0.1, 0.15) is 12.6 Å². The molecule has 5 atom stereocenters. The lowest BCUT2D eigenvalue weighted by molar-refractivity contribution is -0.138. The second-order valence-electron chi connectivity index (χ2n) is 5.99. The zero-order chi connectivity index (χ0) is 18.8. The number of fused-ring (bicyclic) bond motifs is 1. The zero-order valence-electron chi connectivity index (χ0n) is 13.7. The molecule has 1 fully saturated rings. The second-order valence-corrected chi connectivity index (χ2v) is 7.25. The molecule has 12 heteroatoms. The van der Waals surface area contributed by atoms with Crippen molar-refractivity contribution in [1.82, 2.24) is 19.5 Å². The standard InChI is InChI=1S/C14H20N6O5S/c15-6(14(23)24)1-2-26-3-7-9(21)10(22)13(25-7)20-5-19-8-11(16)17-4-18-12(8)20/h4-7,9-10,13,21-22H,1-3,15H2,(H,23,24)(H2,16,17,18)/p+1. The van der Waals surface area contributed by atoms with Gasteiger partial charge in [0.15, 0.2) is 17.7 Å². The van der Waals surface area contributed by atoms with E-state index in [9.17, 15) is 15.0 Å². The number of hydrogen-bond donors (Lipinski definition) is 5. The van der Waals surface area contributed by atoms with Gasteiger partial charge in [-0.05, 0) is 11.8 Å². The molecule has 0 saturated carbocycles. The van der Waals surface area contributed by atoms with E-state index >= 15 is 0 Å². The van der Waals surface area contributed by atoms with Crippen LogP contribution < -0.4 is 11.5 Å². The van der Waals surface area contributed by atoms with Crippen LogP contribution in [0.4, 0.5) is 5.82 Å². The van der Waals surface area contributed by atoms with Gasteiger partial charge in [-0.1, -0.05) is 0 Å². The molecule has 0 radical (unpaired) electrons. The molecule has 142 valence electrons. The molecule has 1 aliphatic rings. The first kappa shape index (κ1) is 18.8. The number of thiol groups is 1. The van der Waals surface area contributed by atoms with Crippen molar-refractivity contribution >= 4 is 34.7 Å². The van der Waals surface area contributed by atoms with E-state index in [1.54, 1.807) is 0 Å². The number of imidazole rings is 1. The summed E-state index contributed by atoms with van der Waals surface area (Å²) in [6.07, 6.45) is -0.659. The molecule has 2 aromatic heterocycles. The van der Waals surface area contributed by atoms with Crippen LogP contribution in [0.15, 0.2) is 12.7 Å². The molecule has 26 heavy (non-hydrogen) atoms. The fourth-order valence-electron chi connectivity index (χ4n) is 2.74. The highest BCUT2D eigenvalue weighted by Gasteiger charge is 2.45. The van der Waals surface area contributed by atoms with Crippen molar-refractivity contribution in [2.75, 3.05) is 17.2 Å². The number of ether oxygens (including phenoxy) is 1. The van der Waals surface area contributed by atoms with E-state index in [-0.39, 0.29) is 5.82 Å². The molecule has 1 aliphatic heterocycles. The van der Waals surface area contributed by atoms with Crippen molar-refractivity contribution in [2.45, 2.75) is 37.0 Å². The summed E-state index contributed by atoms with van der Waals surface area (Å²) in [6.45, 7) is 0. The van der Waals surface area contributed by atoms with E-state index in [4.69, 9.17) is 21.3 Å². The van der Waals surface area contributed by atoms with Crippen LogP contribution in [0.5, 0.6) is 0 Å². The van der Waals surface area contributed by atoms with Crippen LogP contribution in [0.3, 0.4) is 0 Å². The Labute approximate surface area is 152 Å². The Balaban J connectivity index is 1.64. The summed E-state index contributed by atoms with van der Waals surface area (Å²) in [5, 5.41) is 29.4. The maximum Gasteiger partial charge on any atom is 0.320 e. The fraction of sp³-hybridized carbons (Fsp3) is 0.571. The molecule has 0 aromatic carbocycles. The van der Waals surface area contributed by atoms with Crippen molar-refractivity contribution < 1.29 is 24.9 Å². The van der Waals surface area contributed by atoms with Crippen LogP contribution in [0, 0.1) is 0 Å². The number of nitrogen functional groups attached to an aromatic ring is 1. The minimum atomic E-state index is -1.16. The summed E-state index contributed by atoms with van der Waals surface area (Å²) in [4.78, 5) is 22.8. The first-order chi connectivity index (χ1) is 12.4. The average molecular weight is 385 g/mol. The predicted octanol–water partition coefficient (Wildman–Crippen LogP) is -2.36. The number of carboxylic acids is 1. The van der Waals surface area contributed by atoms with Gasteiger partial charge in [0.2, 0.25) is 0 Å². The van der Waals surface area contributed by atoms with Gasteiger partial charge in [-0.15, -0.1) is 0 Å². The monoisotopic (exact) mass is 385 g/mol. The van der Waals surface area contributed by atoms with Crippen molar-refractivity contribution in [3.63, 3.8) is 0 Å². The molecule has 3 heterocycles. The minimum Gasteiger partial charge on any atom is -0.480 e. The summed E-state index contributed by atoms with van der Waals surface area (Å²) >= 11 is 0.875. The number of aliphatic carboxylic acids is 1. The Kier molecular flexibility index (Phi) is 5.58. The topological polar surface area (TPSA) is 183 Å². The summed E-state index contributed by atoms with van der Waals surface area (Å²) in [7, 11) is 0. The van der Waals surface area contributed by atoms with Crippen LogP contribution in [-0.4, -0.2) is 76.7 Å². The molecule has 2 aromatic rings. The Morgan fingerprint density at radius 3 is 2.85 bits per heavy atom. The minimum absolute atomic E-state index is 0.214. The van der Waals surface area contributed by atoms with Gasteiger partial charge < -0.3 is 31.5 Å². The van der Waals surface area contributed by atoms with E-state index in [1.165, 1.54) is 17.2 Å². The lowest BCUT2D eigenvalue weighted by Crippen LogP contribution is -2.34. The van der Waals surface area contributed by atoms with Crippen molar-refractivity contribution in [3.05, 3.63) is 12.7 Å². The quantitative estimate of drug-likeness (QED) is 0.196. The zero-order valence-corrected chi connectivity index (χ0v) is 14.6. The molecule has 1 saturated heterocycles. The first-order valence-electron chi connectivity index (χ1n) is 7.96. The third-order valence-corrected chi connectivity index (χ3v) is 5.42. The SMILES string of the molecule is Nc1ncnc2c1ncn2C1OC(C[SH+]CCC(N)C(=O)O)C(O)C1O. The lowest BCUT2D eigenvalue weighted by atomic mass is 10.1. The smallest absolute Gasteiger partial charge is 0.320 e. The molecule has 11 nitrogen and oxygen atoms in total. The molecule has 7 N–H and O–H groups in total. The number of aromatic nitrogens is 4. The Morgan fingerprint density at radius 2 is 2.12 bits per heavy atom. The highest BCUT2D eigenvalue weighted by Crippen LogP contribution is 2.32. The van der Waals surface area contributed by atoms with E-state index < -0.39 is 36.6 Å². The van der Waals surface area contributed by atoms with Gasteiger partial charge in [0.25, 0.3) is 0 Å². The largest absolute Gasteiger partial charge is 0.480 e. The maximum atomic E-state index is 10.7. The molecular formula is C14H21N6O5S+. The number of nitrogens with two attached hydrogens (primary N) is 2. The predicted molar refractivity (Wildman–Crippen MR) is 94.4 cm³/mol. The van der Waals surface area contributed by atoms with Gasteiger partial charge in [-0.25, -0.2) is 15.0 Å². The summed E-state index contributed by atoms with van der Waals surface area (Å²) in [5.74, 6) is 0.163. The Morgan fingerprint density at radius 1 is 1.35 bits per heavy atom. The van der Waals surface area contributed by atoms with Crippen molar-refractivity contribution in [2.24, 2.45) is 5.73 Å². The number of aliphatic hydroxyl groups excluding tert-OH is 2. The Hall–Kier alpha value is -1.99. The van der Waals surface area contributed by atoms with E-state index in [0.717, 1.165) is 11.8 Å². The molecule has 0 spiro atoms. The molecule has 0 amide bonds. The van der Waals surface area contributed by atoms with Crippen molar-refractivity contribution in [3.8, 4) is 0 Å². The highest BCUT2D eigenvalue weighted by atomic mass is 32.2. The molecular weight excluding hydrogens is 364 g/mol. The molecule has 5 unspecified atom stereocenters. The number of nitrogens with zero attached hydrogens (tertiary/aromatic N) is 4. The van der Waals surface area contributed by atoms with Gasteiger partial charge in [-0.2, -0.15) is 0 Å². The number of hydrogen-bond acceptors (Lipinski definition) is 9. The average Bonchev–Trinajstić information content (AvgIpc) is 3.15. The highest BCUT2D eigenvalue weighted by molar-refractivity contribution is 7.78.